The second-order valence-electron chi connectivity index (χ2n) is 2.64. The molecule has 0 aromatic carbocycles. The van der Waals surface area contributed by atoms with Gasteiger partial charge in [-0.25, -0.2) is 6.57 Å². The van der Waals surface area contributed by atoms with Crippen LogP contribution < -0.4 is 0 Å². The number of pyridine rings is 1. The predicted octanol–water partition coefficient (Wildman–Crippen LogP) is 1.47. The van der Waals surface area contributed by atoms with Crippen LogP contribution in [0.3, 0.4) is 0 Å². The molecule has 1 aromatic heterocycles. The molecule has 0 amide bonds. The Bertz CT molecular complexity index is 386. The number of carbonyl (C=O) groups is 1. The van der Waals surface area contributed by atoms with Crippen molar-refractivity contribution in [1.29, 1.82) is 5.26 Å². The summed E-state index contributed by atoms with van der Waals surface area (Å²) in [5.74, 6) is -0.222. The summed E-state index contributed by atoms with van der Waals surface area (Å²) in [5.41, 5.74) is 0.441. The van der Waals surface area contributed by atoms with E-state index in [0.717, 1.165) is 0 Å². The highest BCUT2D eigenvalue weighted by Crippen LogP contribution is 2.05. The van der Waals surface area contributed by atoms with Crippen molar-refractivity contribution in [2.75, 3.05) is 0 Å². The molecule has 1 heterocycles. The van der Waals surface area contributed by atoms with E-state index in [1.807, 2.05) is 0 Å². The molecule has 1 atom stereocenters. The Morgan fingerprint density at radius 1 is 1.79 bits per heavy atom. The van der Waals surface area contributed by atoms with E-state index in [4.69, 9.17) is 11.8 Å². The fraction of sp³-hybridized carbons (Fsp3) is 0.200. The summed E-state index contributed by atoms with van der Waals surface area (Å²) in [6, 6.07) is 4.13. The van der Waals surface area contributed by atoms with E-state index in [1.165, 1.54) is 6.20 Å². The van der Waals surface area contributed by atoms with Gasteiger partial charge in [0.2, 0.25) is 0 Å². The van der Waals surface area contributed by atoms with Crippen LogP contribution in [0, 0.1) is 17.9 Å². The molecule has 0 aliphatic carbocycles. The molecule has 0 saturated carbocycles. The van der Waals surface area contributed by atoms with Gasteiger partial charge < -0.3 is 0 Å². The number of nitriles is 1. The lowest BCUT2D eigenvalue weighted by atomic mass is 10.1. The highest BCUT2D eigenvalue weighted by atomic mass is 16.1. The average Bonchev–Trinajstić information content (AvgIpc) is 2.26. The third-order valence-electron chi connectivity index (χ3n) is 1.67. The van der Waals surface area contributed by atoms with Crippen molar-refractivity contribution in [3.05, 3.63) is 41.5 Å². The topological polar surface area (TPSA) is 58.1 Å². The van der Waals surface area contributed by atoms with Gasteiger partial charge in [0.15, 0.2) is 11.9 Å². The molecule has 4 heteroatoms. The van der Waals surface area contributed by atoms with Crippen molar-refractivity contribution < 1.29 is 4.79 Å². The lowest BCUT2D eigenvalue weighted by molar-refractivity contribution is 0.0982. The van der Waals surface area contributed by atoms with Crippen LogP contribution in [0.2, 0.25) is 0 Å². The Kier molecular flexibility index (Phi) is 3.34. The Balaban J connectivity index is 2.71. The zero-order valence-electron chi connectivity index (χ0n) is 7.34. The maximum Gasteiger partial charge on any atom is 0.314 e. The lowest BCUT2D eigenvalue weighted by Gasteiger charge is -1.97. The standard InChI is InChI=1S/C10H7N3O/c1-12-9(6-11)5-10(14)8-3-2-4-13-7-8/h2-4,7,9H,5H2. The van der Waals surface area contributed by atoms with E-state index < -0.39 is 6.04 Å². The van der Waals surface area contributed by atoms with Gasteiger partial charge in [0.05, 0.1) is 0 Å². The summed E-state index contributed by atoms with van der Waals surface area (Å²) in [6.45, 7) is 6.65. The zero-order chi connectivity index (χ0) is 10.4. The van der Waals surface area contributed by atoms with E-state index in [0.29, 0.717) is 5.56 Å². The molecule has 0 fully saturated rings. The molecule has 14 heavy (non-hydrogen) atoms. The van der Waals surface area contributed by atoms with Crippen LogP contribution in [0.1, 0.15) is 16.8 Å². The first-order valence-electron chi connectivity index (χ1n) is 3.97. The smallest absolute Gasteiger partial charge is 0.297 e. The first kappa shape index (κ1) is 9.88. The van der Waals surface area contributed by atoms with Crippen LogP contribution >= 0.6 is 0 Å². The summed E-state index contributed by atoms with van der Waals surface area (Å²) in [7, 11) is 0. The van der Waals surface area contributed by atoms with Gasteiger partial charge in [-0.15, -0.1) is 0 Å². The second-order valence-corrected chi connectivity index (χ2v) is 2.64. The number of hydrogen-bond acceptors (Lipinski definition) is 3. The fourth-order valence-electron chi connectivity index (χ4n) is 0.941. The van der Waals surface area contributed by atoms with Crippen LogP contribution in [0.4, 0.5) is 0 Å². The highest BCUT2D eigenvalue weighted by Gasteiger charge is 2.17. The van der Waals surface area contributed by atoms with Crippen LogP contribution in [-0.2, 0) is 0 Å². The largest absolute Gasteiger partial charge is 0.314 e. The first-order chi connectivity index (χ1) is 6.77. The molecule has 0 spiro atoms. The summed E-state index contributed by atoms with van der Waals surface area (Å²) in [5, 5.41) is 8.49. The number of ketones is 1. The minimum atomic E-state index is -0.886. The van der Waals surface area contributed by atoms with Gasteiger partial charge in [-0.2, -0.15) is 5.26 Å². The van der Waals surface area contributed by atoms with E-state index in [-0.39, 0.29) is 12.2 Å². The molecular formula is C10H7N3O. The van der Waals surface area contributed by atoms with Crippen molar-refractivity contribution >= 4 is 5.78 Å². The molecule has 0 N–H and O–H groups in total. The predicted molar refractivity (Wildman–Crippen MR) is 49.2 cm³/mol. The lowest BCUT2D eigenvalue weighted by Crippen LogP contribution is -2.08. The van der Waals surface area contributed by atoms with Crippen LogP contribution in [0.5, 0.6) is 0 Å². The van der Waals surface area contributed by atoms with Gasteiger partial charge >= 0.3 is 6.04 Å². The molecule has 0 aliphatic heterocycles. The van der Waals surface area contributed by atoms with Crippen LogP contribution in [0.25, 0.3) is 4.85 Å². The number of hydrogen-bond donors (Lipinski definition) is 0. The Hall–Kier alpha value is -2.20. The summed E-state index contributed by atoms with van der Waals surface area (Å²) in [6.07, 6.45) is 2.93. The van der Waals surface area contributed by atoms with E-state index in [2.05, 4.69) is 9.83 Å². The molecule has 0 radical (unpaired) electrons. The van der Waals surface area contributed by atoms with Crippen LogP contribution in [0.15, 0.2) is 24.5 Å². The van der Waals surface area contributed by atoms with Gasteiger partial charge in [0.25, 0.3) is 0 Å². The Morgan fingerprint density at radius 2 is 2.57 bits per heavy atom. The van der Waals surface area contributed by atoms with Gasteiger partial charge in [0, 0.05) is 18.0 Å². The first-order valence-corrected chi connectivity index (χ1v) is 3.97. The van der Waals surface area contributed by atoms with E-state index in [9.17, 15) is 4.79 Å². The molecule has 1 unspecified atom stereocenters. The maximum absolute atomic E-state index is 11.4. The van der Waals surface area contributed by atoms with Crippen molar-refractivity contribution in [2.24, 2.45) is 0 Å². The number of rotatable bonds is 3. The van der Waals surface area contributed by atoms with Crippen LogP contribution in [-0.4, -0.2) is 16.8 Å². The van der Waals surface area contributed by atoms with E-state index >= 15 is 0 Å². The monoisotopic (exact) mass is 185 g/mol. The van der Waals surface area contributed by atoms with Gasteiger partial charge in [0.1, 0.15) is 6.42 Å². The molecule has 1 aromatic rings. The fourth-order valence-corrected chi connectivity index (χ4v) is 0.941. The maximum atomic E-state index is 11.4. The third kappa shape index (κ3) is 2.40. The number of carbonyl (C=O) groups excluding carboxylic acids is 1. The summed E-state index contributed by atoms with van der Waals surface area (Å²) < 4.78 is 0. The highest BCUT2D eigenvalue weighted by molar-refractivity contribution is 5.96. The summed E-state index contributed by atoms with van der Waals surface area (Å²) >= 11 is 0. The van der Waals surface area contributed by atoms with Crippen molar-refractivity contribution in [3.63, 3.8) is 0 Å². The average molecular weight is 185 g/mol. The zero-order valence-corrected chi connectivity index (χ0v) is 7.34. The molecular weight excluding hydrogens is 178 g/mol. The molecule has 68 valence electrons. The minimum absolute atomic E-state index is 0.0638. The van der Waals surface area contributed by atoms with Crippen molar-refractivity contribution in [3.8, 4) is 6.07 Å². The second kappa shape index (κ2) is 4.74. The quantitative estimate of drug-likeness (QED) is 0.529. The van der Waals surface area contributed by atoms with Gasteiger partial charge in [-0.3, -0.25) is 14.6 Å². The normalized spacial score (nSPS) is 11.0. The molecule has 1 rings (SSSR count). The molecule has 0 bridgehead atoms. The minimum Gasteiger partial charge on any atom is -0.297 e. The SMILES string of the molecule is [C-]#[N+]C(C#N)CC(=O)c1cccnc1. The Labute approximate surface area is 81.6 Å². The van der Waals surface area contributed by atoms with Crippen molar-refractivity contribution in [1.82, 2.24) is 4.98 Å². The third-order valence-corrected chi connectivity index (χ3v) is 1.67. The molecule has 0 saturated heterocycles. The molecule has 0 aliphatic rings. The number of nitrogens with zero attached hydrogens (tertiary/aromatic N) is 3. The molecule has 4 nitrogen and oxygen atoms in total. The van der Waals surface area contributed by atoms with E-state index in [1.54, 1.807) is 24.4 Å². The van der Waals surface area contributed by atoms with Gasteiger partial charge in [-0.05, 0) is 12.1 Å². The number of aromatic nitrogens is 1. The Morgan fingerprint density at radius 3 is 3.07 bits per heavy atom. The summed E-state index contributed by atoms with van der Waals surface area (Å²) in [4.78, 5) is 18.2. The van der Waals surface area contributed by atoms with Gasteiger partial charge in [-0.1, -0.05) is 0 Å². The van der Waals surface area contributed by atoms with Crippen molar-refractivity contribution in [2.45, 2.75) is 12.5 Å². The number of Topliss-reactive ketones (excluding diaryl/α,β-unsaturated/α-hetero) is 1.